The van der Waals surface area contributed by atoms with Gasteiger partial charge >= 0.3 is 0 Å². The molecule has 0 spiro atoms. The molecule has 0 saturated carbocycles. The fourth-order valence-electron chi connectivity index (χ4n) is 4.48. The van der Waals surface area contributed by atoms with Crippen molar-refractivity contribution in [3.63, 3.8) is 0 Å². The summed E-state index contributed by atoms with van der Waals surface area (Å²) in [6.45, 7) is 2.80. The van der Waals surface area contributed by atoms with Crippen molar-refractivity contribution in [3.8, 4) is 0 Å². The number of hydrogen-bond donors (Lipinski definition) is 1. The largest absolute Gasteiger partial charge is 0.252 e. The van der Waals surface area contributed by atoms with E-state index >= 15 is 0 Å². The predicted molar refractivity (Wildman–Crippen MR) is 134 cm³/mol. The van der Waals surface area contributed by atoms with Gasteiger partial charge in [-0.15, -0.1) is 0 Å². The van der Waals surface area contributed by atoms with Crippen LogP contribution in [0.4, 0.5) is 0 Å². The van der Waals surface area contributed by atoms with Crippen LogP contribution in [0, 0.1) is 0 Å². The predicted octanol–water partition coefficient (Wildman–Crippen LogP) is 10.6. The Morgan fingerprint density at radius 3 is 0.733 bits per heavy atom. The van der Waals surface area contributed by atoms with Gasteiger partial charge in [0, 0.05) is 0 Å². The van der Waals surface area contributed by atoms with E-state index in [4.69, 9.17) is 5.26 Å². The van der Waals surface area contributed by atoms with Crippen LogP contribution < -0.4 is 0 Å². The Balaban J connectivity index is 2.97. The third-order valence-corrected chi connectivity index (χ3v) is 6.59. The lowest BCUT2D eigenvalue weighted by Crippen LogP contribution is -1.88. The van der Waals surface area contributed by atoms with Crippen LogP contribution in [0.25, 0.3) is 0 Å². The lowest BCUT2D eigenvalue weighted by molar-refractivity contribution is -0.242. The first kappa shape index (κ1) is 29.9. The molecule has 0 aromatic rings. The van der Waals surface area contributed by atoms with Gasteiger partial charge in [-0.05, 0) is 6.42 Å². The Morgan fingerprint density at radius 1 is 0.333 bits per heavy atom. The molecule has 0 rings (SSSR count). The highest BCUT2D eigenvalue weighted by atomic mass is 17.1. The van der Waals surface area contributed by atoms with Crippen molar-refractivity contribution in [2.24, 2.45) is 0 Å². The third kappa shape index (κ3) is 27.9. The Hall–Kier alpha value is -0.0800. The molecule has 0 atom stereocenters. The van der Waals surface area contributed by atoms with Crippen molar-refractivity contribution in [1.82, 2.24) is 0 Å². The highest BCUT2D eigenvalue weighted by Gasteiger charge is 1.96. The molecule has 0 radical (unpaired) electrons. The standard InChI is InChI=1S/C28H58O2/c1-2-3-4-5-6-7-8-9-10-11-12-13-14-15-16-17-18-19-20-21-22-23-24-25-26-27-28-30-29/h29H,2-28H2,1H3. The Kier molecular flexibility index (Phi) is 28.8. The summed E-state index contributed by atoms with van der Waals surface area (Å²) >= 11 is 0. The minimum absolute atomic E-state index is 0.499. The molecule has 0 aliphatic rings. The van der Waals surface area contributed by atoms with Gasteiger partial charge in [0.15, 0.2) is 0 Å². The summed E-state index contributed by atoms with van der Waals surface area (Å²) in [4.78, 5) is 4.10. The van der Waals surface area contributed by atoms with Crippen LogP contribution in [0.15, 0.2) is 0 Å². The van der Waals surface area contributed by atoms with E-state index in [1.54, 1.807) is 0 Å². The minimum atomic E-state index is 0.499. The fraction of sp³-hybridized carbons (Fsp3) is 1.00. The smallest absolute Gasteiger partial charge is 0.0819 e. The second-order valence-corrected chi connectivity index (χ2v) is 9.67. The summed E-state index contributed by atoms with van der Waals surface area (Å²) in [6, 6.07) is 0. The zero-order valence-electron chi connectivity index (χ0n) is 20.9. The normalized spacial score (nSPS) is 11.4. The van der Waals surface area contributed by atoms with Crippen LogP contribution in [0.1, 0.15) is 174 Å². The van der Waals surface area contributed by atoms with Crippen molar-refractivity contribution in [3.05, 3.63) is 0 Å². The third-order valence-electron chi connectivity index (χ3n) is 6.59. The molecule has 0 fully saturated rings. The molecule has 0 heterocycles. The molecule has 2 nitrogen and oxygen atoms in total. The summed E-state index contributed by atoms with van der Waals surface area (Å²) < 4.78 is 0. The molecular weight excluding hydrogens is 368 g/mol. The SMILES string of the molecule is CCCCCCCCCCCCCCCCCCCCCCCCCCCCOO. The molecule has 0 aliphatic heterocycles. The molecule has 182 valence electrons. The molecule has 0 aromatic carbocycles. The zero-order valence-corrected chi connectivity index (χ0v) is 20.9. The lowest BCUT2D eigenvalue weighted by Gasteiger charge is -2.04. The number of rotatable bonds is 27. The molecular formula is C28H58O2. The van der Waals surface area contributed by atoms with Gasteiger partial charge in [0.25, 0.3) is 0 Å². The highest BCUT2D eigenvalue weighted by Crippen LogP contribution is 2.15. The average Bonchev–Trinajstić information content (AvgIpc) is 2.76. The summed E-state index contributed by atoms with van der Waals surface area (Å²) in [6.07, 6.45) is 36.9. The second-order valence-electron chi connectivity index (χ2n) is 9.67. The van der Waals surface area contributed by atoms with Gasteiger partial charge in [-0.2, -0.15) is 0 Å². The molecule has 0 unspecified atom stereocenters. The van der Waals surface area contributed by atoms with E-state index in [9.17, 15) is 0 Å². The Bertz CT molecular complexity index is 252. The van der Waals surface area contributed by atoms with Crippen molar-refractivity contribution in [2.45, 2.75) is 174 Å². The van der Waals surface area contributed by atoms with Crippen LogP contribution in [-0.2, 0) is 4.89 Å². The van der Waals surface area contributed by atoms with Crippen LogP contribution >= 0.6 is 0 Å². The van der Waals surface area contributed by atoms with Gasteiger partial charge in [-0.1, -0.05) is 167 Å². The fourth-order valence-corrected chi connectivity index (χ4v) is 4.48. The summed E-state index contributed by atoms with van der Waals surface area (Å²) in [5.41, 5.74) is 0. The van der Waals surface area contributed by atoms with Crippen molar-refractivity contribution < 1.29 is 10.1 Å². The molecule has 0 bridgehead atoms. The van der Waals surface area contributed by atoms with E-state index in [1.165, 1.54) is 161 Å². The van der Waals surface area contributed by atoms with Gasteiger partial charge in [0.2, 0.25) is 0 Å². The van der Waals surface area contributed by atoms with E-state index < -0.39 is 0 Å². The van der Waals surface area contributed by atoms with E-state index in [0.717, 1.165) is 6.42 Å². The van der Waals surface area contributed by atoms with Crippen LogP contribution in [-0.4, -0.2) is 11.9 Å². The van der Waals surface area contributed by atoms with E-state index in [1.807, 2.05) is 0 Å². The summed E-state index contributed by atoms with van der Waals surface area (Å²) in [5.74, 6) is 0. The summed E-state index contributed by atoms with van der Waals surface area (Å²) in [5, 5.41) is 8.25. The monoisotopic (exact) mass is 426 g/mol. The molecule has 1 N–H and O–H groups in total. The van der Waals surface area contributed by atoms with Crippen molar-refractivity contribution in [1.29, 1.82) is 0 Å². The molecule has 2 heteroatoms. The average molecular weight is 427 g/mol. The van der Waals surface area contributed by atoms with E-state index in [0.29, 0.717) is 6.61 Å². The first-order valence-corrected chi connectivity index (χ1v) is 14.2. The van der Waals surface area contributed by atoms with E-state index in [2.05, 4.69) is 11.8 Å². The minimum Gasteiger partial charge on any atom is -0.252 e. The highest BCUT2D eigenvalue weighted by molar-refractivity contribution is 4.51. The molecule has 0 saturated heterocycles. The van der Waals surface area contributed by atoms with Crippen LogP contribution in [0.5, 0.6) is 0 Å². The van der Waals surface area contributed by atoms with Gasteiger partial charge in [0.1, 0.15) is 0 Å². The maximum atomic E-state index is 8.25. The van der Waals surface area contributed by atoms with Crippen LogP contribution in [0.3, 0.4) is 0 Å². The molecule has 0 aromatic heterocycles. The van der Waals surface area contributed by atoms with Gasteiger partial charge in [-0.25, -0.2) is 4.89 Å². The van der Waals surface area contributed by atoms with Crippen LogP contribution in [0.2, 0.25) is 0 Å². The Labute approximate surface area is 190 Å². The maximum Gasteiger partial charge on any atom is 0.0819 e. The van der Waals surface area contributed by atoms with Gasteiger partial charge in [-0.3, -0.25) is 5.26 Å². The number of hydrogen-bond acceptors (Lipinski definition) is 2. The first-order chi connectivity index (χ1) is 14.9. The first-order valence-electron chi connectivity index (χ1n) is 14.2. The van der Waals surface area contributed by atoms with E-state index in [-0.39, 0.29) is 0 Å². The molecule has 0 amide bonds. The Morgan fingerprint density at radius 2 is 0.533 bits per heavy atom. The van der Waals surface area contributed by atoms with Gasteiger partial charge < -0.3 is 0 Å². The lowest BCUT2D eigenvalue weighted by atomic mass is 10.0. The second kappa shape index (κ2) is 28.9. The molecule has 0 aliphatic carbocycles. The number of unbranched alkanes of at least 4 members (excludes halogenated alkanes) is 25. The quantitative estimate of drug-likeness (QED) is 0.0803. The van der Waals surface area contributed by atoms with Crippen molar-refractivity contribution in [2.75, 3.05) is 6.61 Å². The molecule has 30 heavy (non-hydrogen) atoms. The summed E-state index contributed by atoms with van der Waals surface area (Å²) in [7, 11) is 0. The maximum absolute atomic E-state index is 8.25. The topological polar surface area (TPSA) is 29.5 Å². The zero-order chi connectivity index (χ0) is 21.8. The van der Waals surface area contributed by atoms with Crippen molar-refractivity contribution >= 4 is 0 Å². The van der Waals surface area contributed by atoms with Gasteiger partial charge in [0.05, 0.1) is 6.61 Å².